The number of amides is 1. The van der Waals surface area contributed by atoms with Crippen molar-refractivity contribution in [2.75, 3.05) is 5.32 Å². The predicted molar refractivity (Wildman–Crippen MR) is 112 cm³/mol. The van der Waals surface area contributed by atoms with Gasteiger partial charge >= 0.3 is 0 Å². The van der Waals surface area contributed by atoms with E-state index in [1.54, 1.807) is 0 Å². The first-order chi connectivity index (χ1) is 13.1. The lowest BCUT2D eigenvalue weighted by atomic mass is 9.90. The van der Waals surface area contributed by atoms with Crippen LogP contribution in [0.2, 0.25) is 0 Å². The van der Waals surface area contributed by atoms with E-state index in [2.05, 4.69) is 36.3 Å². The van der Waals surface area contributed by atoms with E-state index in [0.717, 1.165) is 21.3 Å². The zero-order valence-corrected chi connectivity index (χ0v) is 16.1. The van der Waals surface area contributed by atoms with Gasteiger partial charge in [0.25, 0.3) is 0 Å². The van der Waals surface area contributed by atoms with E-state index in [1.165, 1.54) is 22.5 Å². The number of fused-ring (bicyclic) bond motifs is 1. The number of thiazole rings is 1. The van der Waals surface area contributed by atoms with Gasteiger partial charge < -0.3 is 5.32 Å². The van der Waals surface area contributed by atoms with Crippen molar-refractivity contribution >= 4 is 32.6 Å². The van der Waals surface area contributed by atoms with Crippen LogP contribution in [0.3, 0.4) is 0 Å². The first-order valence-corrected chi connectivity index (χ1v) is 9.72. The average Bonchev–Trinajstić information content (AvgIpc) is 3.06. The lowest BCUT2D eigenvalue weighted by molar-refractivity contribution is -0.116. The minimum atomic E-state index is -0.373. The van der Waals surface area contributed by atoms with Crippen molar-refractivity contribution in [3.63, 3.8) is 0 Å². The molecule has 0 spiro atoms. The molecule has 1 amide bonds. The standard InChI is InChI=1S/C23H20N2OS/c1-15-13-16(2)21-19(14-15)24-23(27-21)25-22(26)20(17-9-5-3-6-10-17)18-11-7-4-8-12-18/h3-14,20H,1-2H3,(H,24,25,26). The summed E-state index contributed by atoms with van der Waals surface area (Å²) in [4.78, 5) is 17.8. The molecule has 0 aliphatic rings. The van der Waals surface area contributed by atoms with Gasteiger partial charge in [0.15, 0.2) is 5.13 Å². The van der Waals surface area contributed by atoms with Crippen molar-refractivity contribution in [3.05, 3.63) is 95.1 Å². The SMILES string of the molecule is Cc1cc(C)c2sc(NC(=O)C(c3ccccc3)c3ccccc3)nc2c1. The quantitative estimate of drug-likeness (QED) is 0.500. The molecular weight excluding hydrogens is 352 g/mol. The topological polar surface area (TPSA) is 42.0 Å². The maximum Gasteiger partial charge on any atom is 0.238 e. The normalized spacial score (nSPS) is 11.1. The second-order valence-corrected chi connectivity index (χ2v) is 7.69. The highest BCUT2D eigenvalue weighted by atomic mass is 32.1. The third-order valence-electron chi connectivity index (χ3n) is 4.58. The van der Waals surface area contributed by atoms with Crippen molar-refractivity contribution in [3.8, 4) is 0 Å². The number of hydrogen-bond acceptors (Lipinski definition) is 3. The number of anilines is 1. The number of hydrogen-bond donors (Lipinski definition) is 1. The van der Waals surface area contributed by atoms with Crippen LogP contribution in [0.5, 0.6) is 0 Å². The van der Waals surface area contributed by atoms with E-state index < -0.39 is 0 Å². The third kappa shape index (κ3) is 3.62. The summed E-state index contributed by atoms with van der Waals surface area (Å²) >= 11 is 1.53. The molecule has 4 heteroatoms. The van der Waals surface area contributed by atoms with Gasteiger partial charge in [-0.25, -0.2) is 4.98 Å². The Bertz CT molecular complexity index is 1050. The molecule has 0 atom stereocenters. The lowest BCUT2D eigenvalue weighted by Gasteiger charge is -2.16. The molecule has 134 valence electrons. The third-order valence-corrected chi connectivity index (χ3v) is 5.70. The second-order valence-electron chi connectivity index (χ2n) is 6.69. The maximum absolute atomic E-state index is 13.2. The van der Waals surface area contributed by atoms with E-state index in [-0.39, 0.29) is 11.8 Å². The first-order valence-electron chi connectivity index (χ1n) is 8.90. The number of aromatic nitrogens is 1. The summed E-state index contributed by atoms with van der Waals surface area (Å²) in [6.07, 6.45) is 0. The zero-order chi connectivity index (χ0) is 18.8. The molecule has 3 nitrogen and oxygen atoms in total. The monoisotopic (exact) mass is 372 g/mol. The maximum atomic E-state index is 13.2. The average molecular weight is 372 g/mol. The summed E-state index contributed by atoms with van der Waals surface area (Å²) < 4.78 is 1.12. The van der Waals surface area contributed by atoms with Crippen LogP contribution in [0.1, 0.15) is 28.2 Å². The number of nitrogens with zero attached hydrogens (tertiary/aromatic N) is 1. The number of nitrogens with one attached hydrogen (secondary N) is 1. The van der Waals surface area contributed by atoms with Gasteiger partial charge in [0.05, 0.1) is 16.1 Å². The van der Waals surface area contributed by atoms with Crippen LogP contribution in [0, 0.1) is 13.8 Å². The van der Waals surface area contributed by atoms with Gasteiger partial charge in [-0.2, -0.15) is 0 Å². The summed E-state index contributed by atoms with van der Waals surface area (Å²) in [5.41, 5.74) is 5.23. The van der Waals surface area contributed by atoms with Gasteiger partial charge in [-0.05, 0) is 42.2 Å². The van der Waals surface area contributed by atoms with Crippen LogP contribution < -0.4 is 5.32 Å². The van der Waals surface area contributed by atoms with Crippen molar-refractivity contribution in [2.45, 2.75) is 19.8 Å². The van der Waals surface area contributed by atoms with Crippen LogP contribution in [0.25, 0.3) is 10.2 Å². The van der Waals surface area contributed by atoms with Gasteiger partial charge in [-0.3, -0.25) is 4.79 Å². The fourth-order valence-electron chi connectivity index (χ4n) is 3.39. The molecule has 0 fully saturated rings. The molecule has 4 rings (SSSR count). The molecule has 1 N–H and O–H groups in total. The van der Waals surface area contributed by atoms with Gasteiger partial charge in [-0.15, -0.1) is 0 Å². The highest BCUT2D eigenvalue weighted by molar-refractivity contribution is 7.22. The number of benzene rings is 3. The Balaban J connectivity index is 1.69. The van der Waals surface area contributed by atoms with Crippen LogP contribution in [0.4, 0.5) is 5.13 Å². The van der Waals surface area contributed by atoms with Crippen molar-refractivity contribution in [1.82, 2.24) is 4.98 Å². The molecular formula is C23H20N2OS. The molecule has 0 aliphatic carbocycles. The number of carbonyl (C=O) groups is 1. The van der Waals surface area contributed by atoms with Crippen molar-refractivity contribution < 1.29 is 4.79 Å². The summed E-state index contributed by atoms with van der Waals surface area (Å²) in [7, 11) is 0. The van der Waals surface area contributed by atoms with E-state index in [0.29, 0.717) is 5.13 Å². The van der Waals surface area contributed by atoms with Gasteiger partial charge in [0, 0.05) is 0 Å². The number of aryl methyl sites for hydroxylation is 2. The second kappa shape index (κ2) is 7.33. The largest absolute Gasteiger partial charge is 0.301 e. The Kier molecular flexibility index (Phi) is 4.73. The van der Waals surface area contributed by atoms with E-state index in [4.69, 9.17) is 0 Å². The van der Waals surface area contributed by atoms with Crippen LogP contribution >= 0.6 is 11.3 Å². The van der Waals surface area contributed by atoms with Gasteiger partial charge in [-0.1, -0.05) is 78.1 Å². The van der Waals surface area contributed by atoms with Crippen LogP contribution in [-0.2, 0) is 4.79 Å². The van der Waals surface area contributed by atoms with E-state index in [9.17, 15) is 4.79 Å². The van der Waals surface area contributed by atoms with Gasteiger partial charge in [0.2, 0.25) is 5.91 Å². The van der Waals surface area contributed by atoms with E-state index in [1.807, 2.05) is 60.7 Å². The first kappa shape index (κ1) is 17.4. The molecule has 4 aromatic rings. The minimum Gasteiger partial charge on any atom is -0.301 e. The molecule has 27 heavy (non-hydrogen) atoms. The zero-order valence-electron chi connectivity index (χ0n) is 15.3. The van der Waals surface area contributed by atoms with Crippen molar-refractivity contribution in [1.29, 1.82) is 0 Å². The Hall–Kier alpha value is -2.98. The van der Waals surface area contributed by atoms with E-state index >= 15 is 0 Å². The van der Waals surface area contributed by atoms with Crippen LogP contribution in [0.15, 0.2) is 72.8 Å². The number of rotatable bonds is 4. The summed E-state index contributed by atoms with van der Waals surface area (Å²) in [5.74, 6) is -0.442. The Labute approximate surface area is 162 Å². The Morgan fingerprint density at radius 1 is 0.926 bits per heavy atom. The molecule has 0 unspecified atom stereocenters. The smallest absolute Gasteiger partial charge is 0.238 e. The van der Waals surface area contributed by atoms with Crippen LogP contribution in [-0.4, -0.2) is 10.9 Å². The summed E-state index contributed by atoms with van der Waals surface area (Å²) in [6.45, 7) is 4.14. The fraction of sp³-hybridized carbons (Fsp3) is 0.130. The molecule has 0 saturated heterocycles. The molecule has 3 aromatic carbocycles. The molecule has 1 aromatic heterocycles. The highest BCUT2D eigenvalue weighted by Crippen LogP contribution is 2.32. The molecule has 0 saturated carbocycles. The minimum absolute atomic E-state index is 0.0687. The Morgan fingerprint density at radius 2 is 1.52 bits per heavy atom. The highest BCUT2D eigenvalue weighted by Gasteiger charge is 2.23. The number of carbonyl (C=O) groups excluding carboxylic acids is 1. The molecule has 0 radical (unpaired) electrons. The summed E-state index contributed by atoms with van der Waals surface area (Å²) in [5, 5.41) is 3.68. The molecule has 1 heterocycles. The summed E-state index contributed by atoms with van der Waals surface area (Å²) in [6, 6.07) is 23.9. The van der Waals surface area contributed by atoms with Crippen molar-refractivity contribution in [2.24, 2.45) is 0 Å². The van der Waals surface area contributed by atoms with Gasteiger partial charge in [0.1, 0.15) is 0 Å². The Morgan fingerprint density at radius 3 is 2.11 bits per heavy atom. The lowest BCUT2D eigenvalue weighted by Crippen LogP contribution is -2.22. The predicted octanol–water partition coefficient (Wildman–Crippen LogP) is 5.68. The molecule has 0 aliphatic heterocycles. The molecule has 0 bridgehead atoms. The fourth-order valence-corrected chi connectivity index (χ4v) is 4.31.